The SMILES string of the molecule is O=C(c1ccc2nccn2c1)C1CC2COCC(C1)N2C(=O)OCc1ccccc1. The molecule has 0 N–H and O–H groups in total. The molecule has 2 aliphatic rings. The van der Waals surface area contributed by atoms with Crippen molar-refractivity contribution >= 4 is 17.5 Å². The average Bonchev–Trinajstić information content (AvgIpc) is 3.24. The number of pyridine rings is 1. The van der Waals surface area contributed by atoms with Crippen molar-refractivity contribution < 1.29 is 19.1 Å². The number of rotatable bonds is 4. The maximum absolute atomic E-state index is 13.2. The number of benzene rings is 1. The fourth-order valence-corrected chi connectivity index (χ4v) is 4.52. The number of Topliss-reactive ketones (excluding diaryl/α,β-unsaturated/α-hetero) is 1. The van der Waals surface area contributed by atoms with Crippen LogP contribution in [-0.2, 0) is 16.1 Å². The van der Waals surface area contributed by atoms with Gasteiger partial charge in [-0.1, -0.05) is 30.3 Å². The van der Waals surface area contributed by atoms with Gasteiger partial charge in [-0.3, -0.25) is 9.69 Å². The molecule has 2 aliphatic heterocycles. The Morgan fingerprint density at radius 2 is 1.83 bits per heavy atom. The number of carbonyl (C=O) groups excluding carboxylic acids is 2. The van der Waals surface area contributed by atoms with Gasteiger partial charge in [-0.2, -0.15) is 0 Å². The molecule has 30 heavy (non-hydrogen) atoms. The molecule has 2 bridgehead atoms. The first-order valence-electron chi connectivity index (χ1n) is 10.2. The topological polar surface area (TPSA) is 73.1 Å². The molecule has 2 atom stereocenters. The number of ether oxygens (including phenoxy) is 2. The second-order valence-electron chi connectivity index (χ2n) is 7.94. The van der Waals surface area contributed by atoms with Crippen LogP contribution < -0.4 is 0 Å². The molecule has 2 fully saturated rings. The lowest BCUT2D eigenvalue weighted by Crippen LogP contribution is -2.59. The van der Waals surface area contributed by atoms with Crippen LogP contribution in [0.4, 0.5) is 4.79 Å². The molecule has 2 aromatic heterocycles. The Balaban J connectivity index is 1.28. The number of aromatic nitrogens is 2. The van der Waals surface area contributed by atoms with E-state index in [9.17, 15) is 9.59 Å². The lowest BCUT2D eigenvalue weighted by Gasteiger charge is -2.47. The quantitative estimate of drug-likeness (QED) is 0.623. The third kappa shape index (κ3) is 3.57. The molecule has 1 aromatic carbocycles. The van der Waals surface area contributed by atoms with Gasteiger partial charge in [0, 0.05) is 30.1 Å². The summed E-state index contributed by atoms with van der Waals surface area (Å²) in [7, 11) is 0. The number of morpholine rings is 1. The van der Waals surface area contributed by atoms with Crippen molar-refractivity contribution in [3.63, 3.8) is 0 Å². The summed E-state index contributed by atoms with van der Waals surface area (Å²) in [4.78, 5) is 32.0. The highest BCUT2D eigenvalue weighted by Crippen LogP contribution is 2.34. The highest BCUT2D eigenvalue weighted by atomic mass is 16.6. The standard InChI is InChI=1S/C23H23N3O4/c27-22(17-6-7-21-24-8-9-25(21)12-17)18-10-19-14-29-15-20(11-18)26(19)23(28)30-13-16-4-2-1-3-5-16/h1-9,12,18-20H,10-11,13-15H2. The van der Waals surface area contributed by atoms with Crippen LogP contribution in [0.5, 0.6) is 0 Å². The maximum Gasteiger partial charge on any atom is 0.410 e. The molecule has 0 aliphatic carbocycles. The third-order valence-electron chi connectivity index (χ3n) is 5.98. The van der Waals surface area contributed by atoms with E-state index in [4.69, 9.17) is 9.47 Å². The van der Waals surface area contributed by atoms with Crippen molar-refractivity contribution in [2.75, 3.05) is 13.2 Å². The zero-order valence-electron chi connectivity index (χ0n) is 16.5. The molecule has 0 saturated carbocycles. The largest absolute Gasteiger partial charge is 0.445 e. The summed E-state index contributed by atoms with van der Waals surface area (Å²) in [5.41, 5.74) is 2.43. The van der Waals surface area contributed by atoms with Crippen LogP contribution in [0.2, 0.25) is 0 Å². The molecule has 154 valence electrons. The molecule has 7 heteroatoms. The smallest absolute Gasteiger partial charge is 0.410 e. The summed E-state index contributed by atoms with van der Waals surface area (Å²) in [6.45, 7) is 1.10. The molecular formula is C23H23N3O4. The van der Waals surface area contributed by atoms with Crippen molar-refractivity contribution in [1.82, 2.24) is 14.3 Å². The lowest BCUT2D eigenvalue weighted by atomic mass is 9.81. The Kier molecular flexibility index (Phi) is 4.96. The number of amides is 1. The highest BCUT2D eigenvalue weighted by molar-refractivity contribution is 5.98. The predicted octanol–water partition coefficient (Wildman–Crippen LogP) is 3.33. The Hall–Kier alpha value is -3.19. The zero-order chi connectivity index (χ0) is 20.5. The van der Waals surface area contributed by atoms with Crippen LogP contribution in [0.15, 0.2) is 61.1 Å². The van der Waals surface area contributed by atoms with Crippen LogP contribution in [0.25, 0.3) is 5.65 Å². The van der Waals surface area contributed by atoms with Gasteiger partial charge in [0.2, 0.25) is 0 Å². The first kappa shape index (κ1) is 18.8. The first-order chi connectivity index (χ1) is 14.7. The van der Waals surface area contributed by atoms with Gasteiger partial charge in [-0.25, -0.2) is 9.78 Å². The summed E-state index contributed by atoms with van der Waals surface area (Å²) in [5.74, 6) is -0.0251. The van der Waals surface area contributed by atoms with Crippen molar-refractivity contribution in [3.8, 4) is 0 Å². The van der Waals surface area contributed by atoms with E-state index in [0.29, 0.717) is 31.6 Å². The molecule has 1 amide bonds. The van der Waals surface area contributed by atoms with Gasteiger partial charge < -0.3 is 13.9 Å². The summed E-state index contributed by atoms with van der Waals surface area (Å²) in [5, 5.41) is 0. The van der Waals surface area contributed by atoms with E-state index in [-0.39, 0.29) is 36.5 Å². The van der Waals surface area contributed by atoms with E-state index in [1.165, 1.54) is 0 Å². The summed E-state index contributed by atoms with van der Waals surface area (Å²) in [6.07, 6.45) is 6.21. The molecule has 5 rings (SSSR count). The minimum Gasteiger partial charge on any atom is -0.445 e. The van der Waals surface area contributed by atoms with Crippen LogP contribution in [0, 0.1) is 5.92 Å². The second kappa shape index (κ2) is 7.91. The summed E-state index contributed by atoms with van der Waals surface area (Å²) >= 11 is 0. The van der Waals surface area contributed by atoms with Gasteiger partial charge in [0.15, 0.2) is 5.78 Å². The molecule has 0 radical (unpaired) electrons. The normalized spacial score (nSPS) is 23.3. The number of fused-ring (bicyclic) bond motifs is 3. The number of nitrogens with zero attached hydrogens (tertiary/aromatic N) is 3. The van der Waals surface area contributed by atoms with Crippen LogP contribution >= 0.6 is 0 Å². The molecule has 4 heterocycles. The molecule has 2 saturated heterocycles. The van der Waals surface area contributed by atoms with E-state index in [1.54, 1.807) is 11.1 Å². The Labute approximate surface area is 174 Å². The molecular weight excluding hydrogens is 382 g/mol. The number of carbonyl (C=O) groups is 2. The van der Waals surface area contributed by atoms with E-state index >= 15 is 0 Å². The maximum atomic E-state index is 13.2. The Morgan fingerprint density at radius 3 is 2.60 bits per heavy atom. The van der Waals surface area contributed by atoms with Crippen LogP contribution in [0.3, 0.4) is 0 Å². The van der Waals surface area contributed by atoms with Crippen LogP contribution in [0.1, 0.15) is 28.8 Å². The number of ketones is 1. The Morgan fingerprint density at radius 1 is 1.07 bits per heavy atom. The zero-order valence-corrected chi connectivity index (χ0v) is 16.5. The van der Waals surface area contributed by atoms with E-state index in [1.807, 2.05) is 59.3 Å². The van der Waals surface area contributed by atoms with E-state index in [0.717, 1.165) is 11.2 Å². The molecule has 3 aromatic rings. The third-order valence-corrected chi connectivity index (χ3v) is 5.98. The van der Waals surface area contributed by atoms with E-state index < -0.39 is 0 Å². The summed E-state index contributed by atoms with van der Waals surface area (Å²) < 4.78 is 13.1. The number of hydrogen-bond donors (Lipinski definition) is 0. The van der Waals surface area contributed by atoms with Gasteiger partial charge in [0.1, 0.15) is 12.3 Å². The van der Waals surface area contributed by atoms with E-state index in [2.05, 4.69) is 4.98 Å². The van der Waals surface area contributed by atoms with Crippen molar-refractivity contribution in [2.45, 2.75) is 31.5 Å². The average molecular weight is 405 g/mol. The molecule has 7 nitrogen and oxygen atoms in total. The first-order valence-corrected chi connectivity index (χ1v) is 10.2. The van der Waals surface area contributed by atoms with Crippen molar-refractivity contribution in [1.29, 1.82) is 0 Å². The highest BCUT2D eigenvalue weighted by Gasteiger charge is 2.44. The molecule has 0 spiro atoms. The van der Waals surface area contributed by atoms with Gasteiger partial charge >= 0.3 is 6.09 Å². The van der Waals surface area contributed by atoms with Crippen LogP contribution in [-0.4, -0.2) is 51.5 Å². The Bertz CT molecular complexity index is 1050. The fraction of sp³-hybridized carbons (Fsp3) is 0.348. The van der Waals surface area contributed by atoms with Crippen molar-refractivity contribution in [3.05, 3.63) is 72.2 Å². The number of hydrogen-bond acceptors (Lipinski definition) is 5. The number of piperidine rings is 1. The monoisotopic (exact) mass is 405 g/mol. The van der Waals surface area contributed by atoms with Gasteiger partial charge in [-0.15, -0.1) is 0 Å². The van der Waals surface area contributed by atoms with Gasteiger partial charge in [0.05, 0.1) is 25.3 Å². The molecule has 2 unspecified atom stereocenters. The van der Waals surface area contributed by atoms with Gasteiger partial charge in [0.25, 0.3) is 0 Å². The van der Waals surface area contributed by atoms with Gasteiger partial charge in [-0.05, 0) is 30.5 Å². The second-order valence-corrected chi connectivity index (χ2v) is 7.94. The lowest BCUT2D eigenvalue weighted by molar-refractivity contribution is -0.0755. The number of imidazole rings is 1. The summed E-state index contributed by atoms with van der Waals surface area (Å²) in [6, 6.07) is 13.0. The predicted molar refractivity (Wildman–Crippen MR) is 109 cm³/mol. The minimum atomic E-state index is -0.331. The fourth-order valence-electron chi connectivity index (χ4n) is 4.52. The van der Waals surface area contributed by atoms with Crippen molar-refractivity contribution in [2.24, 2.45) is 5.92 Å². The minimum absolute atomic E-state index is 0.111.